The number of anilines is 1. The molecule has 2 N–H and O–H groups in total. The van der Waals surface area contributed by atoms with Gasteiger partial charge in [0.25, 0.3) is 0 Å². The molecular weight excluding hydrogens is 385 g/mol. The second kappa shape index (κ2) is 7.54. The van der Waals surface area contributed by atoms with E-state index in [2.05, 4.69) is 15.4 Å². The average Bonchev–Trinajstić information content (AvgIpc) is 2.59. The van der Waals surface area contributed by atoms with Crippen LogP contribution in [-0.2, 0) is 9.59 Å². The van der Waals surface area contributed by atoms with Crippen molar-refractivity contribution in [3.63, 3.8) is 0 Å². The van der Waals surface area contributed by atoms with Gasteiger partial charge in [-0.2, -0.15) is 0 Å². The molecule has 0 unspecified atom stereocenters. The molecule has 5 rings (SSSR count). The zero-order chi connectivity index (χ0) is 20.6. The fraction of sp³-hybridized carbons (Fsp3) is 0.619. The molecule has 0 radical (unpaired) electrons. The number of ether oxygens (including phenoxy) is 1. The van der Waals surface area contributed by atoms with Gasteiger partial charge in [0.15, 0.2) is 0 Å². The number of amides is 2. The van der Waals surface area contributed by atoms with Crippen molar-refractivity contribution in [3.05, 3.63) is 24.3 Å². The van der Waals surface area contributed by atoms with E-state index in [1.165, 1.54) is 31.4 Å². The molecule has 0 saturated heterocycles. The van der Waals surface area contributed by atoms with E-state index in [0.717, 1.165) is 49.1 Å². The fourth-order valence-electron chi connectivity index (χ4n) is 6.03. The summed E-state index contributed by atoms with van der Waals surface area (Å²) in [6.45, 7) is -0.161. The van der Waals surface area contributed by atoms with Crippen molar-refractivity contribution in [1.82, 2.24) is 5.32 Å². The highest BCUT2D eigenvalue weighted by Crippen LogP contribution is 2.61. The second-order valence-electron chi connectivity index (χ2n) is 8.99. The van der Waals surface area contributed by atoms with Crippen molar-refractivity contribution in [1.29, 1.82) is 0 Å². The molecule has 0 heterocycles. The Morgan fingerprint density at radius 1 is 0.966 bits per heavy atom. The minimum Gasteiger partial charge on any atom is -0.406 e. The molecule has 0 aromatic heterocycles. The van der Waals surface area contributed by atoms with Crippen LogP contribution in [0.1, 0.15) is 44.9 Å². The number of carbonyl (C=O) groups excluding carboxylic acids is 2. The molecule has 5 nitrogen and oxygen atoms in total. The maximum atomic E-state index is 12.4. The van der Waals surface area contributed by atoms with Gasteiger partial charge in [0.2, 0.25) is 11.8 Å². The first-order valence-electron chi connectivity index (χ1n) is 10.1. The van der Waals surface area contributed by atoms with Crippen molar-refractivity contribution in [2.45, 2.75) is 51.3 Å². The summed E-state index contributed by atoms with van der Waals surface area (Å²) in [4.78, 5) is 24.5. The fourth-order valence-corrected chi connectivity index (χ4v) is 6.03. The Kier molecular flexibility index (Phi) is 5.21. The van der Waals surface area contributed by atoms with E-state index in [9.17, 15) is 22.8 Å². The summed E-state index contributed by atoms with van der Waals surface area (Å²) in [6, 6.07) is 4.87. The van der Waals surface area contributed by atoms with Crippen LogP contribution in [0.3, 0.4) is 0 Å². The topological polar surface area (TPSA) is 67.4 Å². The molecule has 4 aliphatic rings. The Bertz CT molecular complexity index is 741. The van der Waals surface area contributed by atoms with E-state index < -0.39 is 12.3 Å². The number of hydrogen-bond acceptors (Lipinski definition) is 3. The van der Waals surface area contributed by atoms with Crippen molar-refractivity contribution < 1.29 is 27.5 Å². The van der Waals surface area contributed by atoms with Crippen molar-refractivity contribution in [2.24, 2.45) is 23.2 Å². The minimum atomic E-state index is -4.76. The molecule has 0 atom stereocenters. The summed E-state index contributed by atoms with van der Waals surface area (Å²) < 4.78 is 40.3. The van der Waals surface area contributed by atoms with E-state index in [-0.39, 0.29) is 23.6 Å². The van der Waals surface area contributed by atoms with Gasteiger partial charge in [-0.1, -0.05) is 0 Å². The van der Waals surface area contributed by atoms with Gasteiger partial charge in [0.05, 0.1) is 6.54 Å². The van der Waals surface area contributed by atoms with Gasteiger partial charge in [-0.25, -0.2) is 0 Å². The molecule has 4 fully saturated rings. The molecular formula is C21H25F3N2O3. The predicted octanol–water partition coefficient (Wildman–Crippen LogP) is 4.25. The summed E-state index contributed by atoms with van der Waals surface area (Å²) in [6.07, 6.45) is 3.06. The SMILES string of the molecule is O=C(CC12CC3CC(CC(C3)C1)C2)NCC(=O)Nc1ccc(OC(F)(F)F)cc1. The first-order chi connectivity index (χ1) is 13.7. The molecule has 4 saturated carbocycles. The number of benzene rings is 1. The number of carbonyl (C=O) groups is 2. The van der Waals surface area contributed by atoms with E-state index in [1.54, 1.807) is 0 Å². The smallest absolute Gasteiger partial charge is 0.406 e. The van der Waals surface area contributed by atoms with Crippen LogP contribution in [0, 0.1) is 23.2 Å². The van der Waals surface area contributed by atoms with Crippen molar-refractivity contribution >= 4 is 17.5 Å². The Labute approximate surface area is 167 Å². The largest absolute Gasteiger partial charge is 0.573 e. The number of hydrogen-bond donors (Lipinski definition) is 2. The van der Waals surface area contributed by atoms with Crippen molar-refractivity contribution in [3.8, 4) is 5.75 Å². The molecule has 2 amide bonds. The Morgan fingerprint density at radius 2 is 1.52 bits per heavy atom. The van der Waals surface area contributed by atoms with Crippen LogP contribution in [-0.4, -0.2) is 24.7 Å². The molecule has 0 aliphatic heterocycles. The van der Waals surface area contributed by atoms with Gasteiger partial charge in [-0.05, 0) is 86.0 Å². The highest BCUT2D eigenvalue weighted by molar-refractivity contribution is 5.94. The van der Waals surface area contributed by atoms with Crippen LogP contribution in [0.2, 0.25) is 0 Å². The summed E-state index contributed by atoms with van der Waals surface area (Å²) in [5.74, 6) is 1.41. The molecule has 4 bridgehead atoms. The molecule has 1 aromatic carbocycles. The number of halogens is 3. The van der Waals surface area contributed by atoms with Crippen LogP contribution in [0.4, 0.5) is 18.9 Å². The molecule has 158 valence electrons. The van der Waals surface area contributed by atoms with Crippen LogP contribution < -0.4 is 15.4 Å². The Balaban J connectivity index is 1.23. The molecule has 29 heavy (non-hydrogen) atoms. The van der Waals surface area contributed by atoms with Crippen LogP contribution in [0.5, 0.6) is 5.75 Å². The quantitative estimate of drug-likeness (QED) is 0.737. The van der Waals surface area contributed by atoms with E-state index in [4.69, 9.17) is 0 Å². The van der Waals surface area contributed by atoms with Gasteiger partial charge in [0.1, 0.15) is 5.75 Å². The van der Waals surface area contributed by atoms with Crippen molar-refractivity contribution in [2.75, 3.05) is 11.9 Å². The molecule has 0 spiro atoms. The number of alkyl halides is 3. The Morgan fingerprint density at radius 3 is 2.03 bits per heavy atom. The van der Waals surface area contributed by atoms with E-state index in [0.29, 0.717) is 12.1 Å². The number of nitrogens with one attached hydrogen (secondary N) is 2. The van der Waals surface area contributed by atoms with Crippen LogP contribution >= 0.6 is 0 Å². The standard InChI is InChI=1S/C21H25F3N2O3/c22-21(23,24)29-17-3-1-16(2-4-17)26-19(28)12-25-18(27)11-20-8-13-5-14(9-20)7-15(6-13)10-20/h1-4,13-15H,5-12H2,(H,25,27)(H,26,28). The van der Waals surface area contributed by atoms with Gasteiger partial charge in [-0.15, -0.1) is 13.2 Å². The van der Waals surface area contributed by atoms with Crippen LogP contribution in [0.15, 0.2) is 24.3 Å². The summed E-state index contributed by atoms with van der Waals surface area (Å²) in [7, 11) is 0. The average molecular weight is 410 g/mol. The van der Waals surface area contributed by atoms with Crippen LogP contribution in [0.25, 0.3) is 0 Å². The van der Waals surface area contributed by atoms with E-state index >= 15 is 0 Å². The highest BCUT2D eigenvalue weighted by Gasteiger charge is 2.51. The van der Waals surface area contributed by atoms with Gasteiger partial charge >= 0.3 is 6.36 Å². The zero-order valence-electron chi connectivity index (χ0n) is 16.1. The third-order valence-corrected chi connectivity index (χ3v) is 6.52. The van der Waals surface area contributed by atoms with Gasteiger partial charge in [-0.3, -0.25) is 9.59 Å². The maximum Gasteiger partial charge on any atom is 0.573 e. The zero-order valence-corrected chi connectivity index (χ0v) is 16.1. The lowest BCUT2D eigenvalue weighted by molar-refractivity contribution is -0.274. The molecule has 8 heteroatoms. The molecule has 4 aliphatic carbocycles. The monoisotopic (exact) mass is 410 g/mol. The lowest BCUT2D eigenvalue weighted by atomic mass is 9.49. The summed E-state index contributed by atoms with van der Waals surface area (Å²) >= 11 is 0. The van der Waals surface area contributed by atoms with Gasteiger partial charge in [0, 0.05) is 12.1 Å². The summed E-state index contributed by atoms with van der Waals surface area (Å²) in [5.41, 5.74) is 0.448. The highest BCUT2D eigenvalue weighted by atomic mass is 19.4. The lowest BCUT2D eigenvalue weighted by Crippen LogP contribution is -2.48. The molecule has 1 aromatic rings. The number of rotatable bonds is 6. The maximum absolute atomic E-state index is 12.4. The van der Waals surface area contributed by atoms with E-state index in [1.807, 2.05) is 0 Å². The first kappa shape index (κ1) is 20.0. The lowest BCUT2D eigenvalue weighted by Gasteiger charge is -2.56. The summed E-state index contributed by atoms with van der Waals surface area (Å²) in [5, 5.41) is 5.25. The minimum absolute atomic E-state index is 0.101. The predicted molar refractivity (Wildman–Crippen MR) is 100.0 cm³/mol. The second-order valence-corrected chi connectivity index (χ2v) is 8.99. The third kappa shape index (κ3) is 5.03. The van der Waals surface area contributed by atoms with Gasteiger partial charge < -0.3 is 15.4 Å². The normalized spacial score (nSPS) is 30.1. The Hall–Kier alpha value is -2.25. The third-order valence-electron chi connectivity index (χ3n) is 6.52. The first-order valence-corrected chi connectivity index (χ1v) is 10.1.